The molecule has 0 aliphatic heterocycles. The quantitative estimate of drug-likeness (QED) is 0.0809. The molecule has 0 radical (unpaired) electrons. The van der Waals surface area contributed by atoms with E-state index in [9.17, 15) is 14.4 Å². The van der Waals surface area contributed by atoms with Crippen molar-refractivity contribution in [3.05, 3.63) is 0 Å². The Morgan fingerprint density at radius 3 is 1.53 bits per heavy atom. The Morgan fingerprint density at radius 1 is 0.694 bits per heavy atom. The van der Waals surface area contributed by atoms with Crippen LogP contribution in [0.2, 0.25) is 0 Å². The molecule has 0 saturated heterocycles. The molecule has 7 heteroatoms. The minimum Gasteiger partial charge on any atom is -0.352 e. The fraction of sp³-hybridized carbons (Fsp3) is 0.897. The molecular weight excluding hydrogens is 454 g/mol. The van der Waals surface area contributed by atoms with E-state index in [4.69, 9.17) is 5.21 Å². The van der Waals surface area contributed by atoms with Gasteiger partial charge in [0.05, 0.1) is 0 Å². The van der Waals surface area contributed by atoms with Gasteiger partial charge in [-0.05, 0) is 25.7 Å². The van der Waals surface area contributed by atoms with E-state index in [0.29, 0.717) is 6.42 Å². The van der Waals surface area contributed by atoms with Crippen LogP contribution < -0.4 is 16.1 Å². The van der Waals surface area contributed by atoms with Crippen LogP contribution in [-0.2, 0) is 14.4 Å². The van der Waals surface area contributed by atoms with Gasteiger partial charge in [-0.2, -0.15) is 0 Å². The van der Waals surface area contributed by atoms with Crippen LogP contribution in [0, 0.1) is 11.3 Å². The van der Waals surface area contributed by atoms with Crippen LogP contribution in [0.25, 0.3) is 0 Å². The van der Waals surface area contributed by atoms with Crippen LogP contribution in [0.4, 0.5) is 0 Å². The lowest BCUT2D eigenvalue weighted by Gasteiger charge is -2.32. The van der Waals surface area contributed by atoms with Crippen molar-refractivity contribution in [3.63, 3.8) is 0 Å². The van der Waals surface area contributed by atoms with E-state index < -0.39 is 23.3 Å². The Morgan fingerprint density at radius 2 is 1.14 bits per heavy atom. The molecule has 3 amide bonds. The molecular formula is C29H57N3O4. The summed E-state index contributed by atoms with van der Waals surface area (Å²) in [6, 6.07) is -0.741. The normalized spacial score (nSPS) is 13.3. The number of amides is 3. The van der Waals surface area contributed by atoms with E-state index in [2.05, 4.69) is 17.6 Å². The molecule has 0 aromatic carbocycles. The van der Waals surface area contributed by atoms with Crippen molar-refractivity contribution in [2.45, 2.75) is 156 Å². The van der Waals surface area contributed by atoms with Crippen LogP contribution in [0.1, 0.15) is 144 Å². The molecule has 0 aliphatic rings. The summed E-state index contributed by atoms with van der Waals surface area (Å²) in [6.45, 7) is 11.7. The minimum atomic E-state index is -0.705. The molecule has 0 bridgehead atoms. The summed E-state index contributed by atoms with van der Waals surface area (Å²) in [5.41, 5.74) is 1.16. The van der Waals surface area contributed by atoms with E-state index in [-0.39, 0.29) is 24.3 Å². The number of unbranched alkanes of at least 4 members (excludes halogenated alkanes) is 13. The van der Waals surface area contributed by atoms with Gasteiger partial charge in [0, 0.05) is 18.4 Å². The van der Waals surface area contributed by atoms with Gasteiger partial charge in [0.15, 0.2) is 0 Å². The maximum absolute atomic E-state index is 13.1. The average Bonchev–Trinajstić information content (AvgIpc) is 2.80. The van der Waals surface area contributed by atoms with Gasteiger partial charge in [0.1, 0.15) is 6.04 Å². The Labute approximate surface area is 221 Å². The molecule has 36 heavy (non-hydrogen) atoms. The fourth-order valence-corrected chi connectivity index (χ4v) is 4.48. The first-order chi connectivity index (χ1) is 17.0. The van der Waals surface area contributed by atoms with Crippen LogP contribution in [-0.4, -0.2) is 35.0 Å². The number of hydroxylamine groups is 1. The number of rotatable bonds is 21. The topological polar surface area (TPSA) is 108 Å². The zero-order valence-corrected chi connectivity index (χ0v) is 24.2. The third kappa shape index (κ3) is 17.7. The largest absolute Gasteiger partial charge is 0.352 e. The molecule has 7 nitrogen and oxygen atoms in total. The van der Waals surface area contributed by atoms with Gasteiger partial charge < -0.3 is 10.6 Å². The van der Waals surface area contributed by atoms with Gasteiger partial charge in [0.2, 0.25) is 17.7 Å². The van der Waals surface area contributed by atoms with Crippen molar-refractivity contribution in [2.75, 3.05) is 0 Å². The van der Waals surface area contributed by atoms with Gasteiger partial charge in [-0.3, -0.25) is 19.6 Å². The Hall–Kier alpha value is -1.63. The van der Waals surface area contributed by atoms with E-state index in [1.54, 1.807) is 5.48 Å². The van der Waals surface area contributed by atoms with Crippen molar-refractivity contribution in [3.8, 4) is 0 Å². The van der Waals surface area contributed by atoms with E-state index in [1.165, 1.54) is 70.6 Å². The smallest absolute Gasteiger partial charge is 0.244 e. The predicted molar refractivity (Wildman–Crippen MR) is 148 cm³/mol. The zero-order chi connectivity index (χ0) is 27.4. The molecule has 0 aromatic rings. The highest BCUT2D eigenvalue weighted by atomic mass is 16.5. The van der Waals surface area contributed by atoms with E-state index >= 15 is 0 Å². The number of carbonyl (C=O) groups is 3. The summed E-state index contributed by atoms with van der Waals surface area (Å²) in [7, 11) is 0. The summed E-state index contributed by atoms with van der Waals surface area (Å²) in [6.07, 6.45) is 18.0. The van der Waals surface area contributed by atoms with Crippen LogP contribution in [0.5, 0.6) is 0 Å². The first-order valence-corrected chi connectivity index (χ1v) is 14.6. The van der Waals surface area contributed by atoms with Crippen LogP contribution >= 0.6 is 0 Å². The number of carbonyl (C=O) groups excluding carboxylic acids is 3. The maximum atomic E-state index is 13.1. The third-order valence-electron chi connectivity index (χ3n) is 6.68. The van der Waals surface area contributed by atoms with Crippen molar-refractivity contribution in [1.82, 2.24) is 16.1 Å². The van der Waals surface area contributed by atoms with Gasteiger partial charge in [-0.1, -0.05) is 118 Å². The number of hydrogen-bond donors (Lipinski definition) is 4. The summed E-state index contributed by atoms with van der Waals surface area (Å²) in [5, 5.41) is 14.7. The van der Waals surface area contributed by atoms with E-state index in [1.807, 2.05) is 34.6 Å². The highest BCUT2D eigenvalue weighted by molar-refractivity contribution is 5.91. The monoisotopic (exact) mass is 511 g/mol. The van der Waals surface area contributed by atoms with Crippen molar-refractivity contribution in [2.24, 2.45) is 11.3 Å². The number of nitrogens with one attached hydrogen (secondary N) is 3. The van der Waals surface area contributed by atoms with Gasteiger partial charge in [-0.25, -0.2) is 5.48 Å². The lowest BCUT2D eigenvalue weighted by molar-refractivity contribution is -0.137. The summed E-state index contributed by atoms with van der Waals surface area (Å²) in [4.78, 5) is 37.6. The standard InChI is InChI=1S/C29H57N3O4/c1-7-8-9-10-11-12-13-14-15-16-17-18-19-20-21-24(22-25(33)32-36)27(34)31-26(29(4,5)6)28(35)30-23(2)3/h23-24,26,36H,7-22H2,1-6H3,(H,30,35)(H,31,34)(H,32,33)/t24?,26-/m1/s1. The maximum Gasteiger partial charge on any atom is 0.244 e. The minimum absolute atomic E-state index is 0.0363. The van der Waals surface area contributed by atoms with Gasteiger partial charge in [-0.15, -0.1) is 0 Å². The lowest BCUT2D eigenvalue weighted by Crippen LogP contribution is -2.56. The van der Waals surface area contributed by atoms with Gasteiger partial charge >= 0.3 is 0 Å². The van der Waals surface area contributed by atoms with Crippen molar-refractivity contribution >= 4 is 17.7 Å². The second-order valence-corrected chi connectivity index (χ2v) is 11.8. The molecule has 0 aromatic heterocycles. The highest BCUT2D eigenvalue weighted by Crippen LogP contribution is 2.22. The molecule has 0 saturated carbocycles. The molecule has 0 fully saturated rings. The molecule has 0 aliphatic carbocycles. The van der Waals surface area contributed by atoms with Crippen molar-refractivity contribution < 1.29 is 19.6 Å². The first kappa shape index (κ1) is 34.4. The molecule has 1 unspecified atom stereocenters. The van der Waals surface area contributed by atoms with Gasteiger partial charge in [0.25, 0.3) is 0 Å². The highest BCUT2D eigenvalue weighted by Gasteiger charge is 2.35. The van der Waals surface area contributed by atoms with Crippen LogP contribution in [0.3, 0.4) is 0 Å². The SMILES string of the molecule is CCCCCCCCCCCCCCCCC(CC(=O)NO)C(=O)N[C@H](C(=O)NC(C)C)C(C)(C)C. The second-order valence-electron chi connectivity index (χ2n) is 11.8. The first-order valence-electron chi connectivity index (χ1n) is 14.6. The fourth-order valence-electron chi connectivity index (χ4n) is 4.48. The Kier molecular flexibility index (Phi) is 19.5. The summed E-state index contributed by atoms with van der Waals surface area (Å²) in [5.74, 6) is -1.70. The van der Waals surface area contributed by atoms with Crippen molar-refractivity contribution in [1.29, 1.82) is 0 Å². The number of hydrogen-bond acceptors (Lipinski definition) is 4. The Balaban J connectivity index is 4.40. The molecule has 0 spiro atoms. The lowest BCUT2D eigenvalue weighted by atomic mass is 9.85. The summed E-state index contributed by atoms with van der Waals surface area (Å²) >= 11 is 0. The molecule has 212 valence electrons. The Bertz CT molecular complexity index is 602. The van der Waals surface area contributed by atoms with Crippen LogP contribution in [0.15, 0.2) is 0 Å². The van der Waals surface area contributed by atoms with E-state index in [0.717, 1.165) is 19.3 Å². The molecule has 0 heterocycles. The summed E-state index contributed by atoms with van der Waals surface area (Å²) < 4.78 is 0. The molecule has 2 atom stereocenters. The predicted octanol–water partition coefficient (Wildman–Crippen LogP) is 6.43. The molecule has 4 N–H and O–H groups in total. The second kappa shape index (κ2) is 20.4. The zero-order valence-electron chi connectivity index (χ0n) is 24.2. The molecule has 0 rings (SSSR count). The third-order valence-corrected chi connectivity index (χ3v) is 6.68. The average molecular weight is 512 g/mol.